The Kier molecular flexibility index (Phi) is 10.1. The van der Waals surface area contributed by atoms with Gasteiger partial charge in [0.25, 0.3) is 0 Å². The lowest BCUT2D eigenvalue weighted by molar-refractivity contribution is -0.138. The number of amides is 2. The molecule has 2 rings (SSSR count). The first-order valence-corrected chi connectivity index (χ1v) is 12.2. The molecule has 0 aliphatic heterocycles. The van der Waals surface area contributed by atoms with Gasteiger partial charge in [0.15, 0.2) is 0 Å². The second kappa shape index (κ2) is 12.6. The van der Waals surface area contributed by atoms with Gasteiger partial charge >= 0.3 is 0 Å². The van der Waals surface area contributed by atoms with Gasteiger partial charge in [0.1, 0.15) is 6.04 Å². The van der Waals surface area contributed by atoms with Gasteiger partial charge in [-0.15, -0.1) is 11.8 Å². The Balaban J connectivity index is 2.07. The lowest BCUT2D eigenvalue weighted by Gasteiger charge is -2.29. The molecule has 0 saturated carbocycles. The summed E-state index contributed by atoms with van der Waals surface area (Å²) in [6.45, 7) is 11.2. The van der Waals surface area contributed by atoms with Crippen LogP contribution in [0.2, 0.25) is 0 Å². The van der Waals surface area contributed by atoms with Crippen LogP contribution in [0.4, 0.5) is 0 Å². The Hall–Kier alpha value is -2.27. The zero-order valence-corrected chi connectivity index (χ0v) is 20.3. The molecule has 1 N–H and O–H groups in total. The average molecular weight is 441 g/mol. The van der Waals surface area contributed by atoms with Gasteiger partial charge in [0, 0.05) is 18.8 Å². The quantitative estimate of drug-likeness (QED) is 0.490. The fourth-order valence-corrected chi connectivity index (χ4v) is 4.43. The highest BCUT2D eigenvalue weighted by molar-refractivity contribution is 7.99. The number of carbonyl (C=O) groups excluding carboxylic acids is 2. The summed E-state index contributed by atoms with van der Waals surface area (Å²) in [5.74, 6) is 1.04. The predicted octanol–water partition coefficient (Wildman–Crippen LogP) is 5.18. The van der Waals surface area contributed by atoms with Crippen LogP contribution in [-0.2, 0) is 21.9 Å². The maximum Gasteiger partial charge on any atom is 0.242 e. The standard InChI is InChI=1S/C26H36N2O2S/c1-6-7-12-27-26(30)22(5)28(16-24-11-9-8-10-21(24)4)25(29)18-31-17-23-14-19(2)13-20(3)15-23/h8-11,13-15,22H,6-7,12,16-18H2,1-5H3,(H,27,30)/t22-/m1/s1. The Morgan fingerprint density at radius 2 is 1.74 bits per heavy atom. The number of aryl methyl sites for hydroxylation is 3. The van der Waals surface area contributed by atoms with Crippen molar-refractivity contribution < 1.29 is 9.59 Å². The molecule has 0 aliphatic carbocycles. The summed E-state index contributed by atoms with van der Waals surface area (Å²) in [6, 6.07) is 14.0. The van der Waals surface area contributed by atoms with Crippen LogP contribution < -0.4 is 5.32 Å². The highest BCUT2D eigenvalue weighted by atomic mass is 32.2. The van der Waals surface area contributed by atoms with Crippen molar-refractivity contribution in [2.75, 3.05) is 12.3 Å². The Morgan fingerprint density at radius 1 is 1.06 bits per heavy atom. The Bertz CT molecular complexity index is 861. The van der Waals surface area contributed by atoms with Gasteiger partial charge in [0.2, 0.25) is 11.8 Å². The van der Waals surface area contributed by atoms with Crippen molar-refractivity contribution in [3.05, 3.63) is 70.3 Å². The minimum atomic E-state index is -0.509. The number of unbranched alkanes of at least 4 members (excludes halogenated alkanes) is 1. The van der Waals surface area contributed by atoms with Crippen molar-refractivity contribution in [1.82, 2.24) is 10.2 Å². The van der Waals surface area contributed by atoms with E-state index in [4.69, 9.17) is 0 Å². The molecule has 0 unspecified atom stereocenters. The number of nitrogens with zero attached hydrogens (tertiary/aromatic N) is 1. The van der Waals surface area contributed by atoms with Gasteiger partial charge in [-0.2, -0.15) is 0 Å². The van der Waals surface area contributed by atoms with Crippen molar-refractivity contribution in [3.8, 4) is 0 Å². The number of benzene rings is 2. The number of rotatable bonds is 11. The maximum absolute atomic E-state index is 13.2. The van der Waals surface area contributed by atoms with E-state index in [2.05, 4.69) is 44.3 Å². The first-order chi connectivity index (χ1) is 14.8. The minimum absolute atomic E-state index is 0.00392. The monoisotopic (exact) mass is 440 g/mol. The second-order valence-corrected chi connectivity index (χ2v) is 9.24. The Morgan fingerprint density at radius 3 is 2.39 bits per heavy atom. The molecule has 0 spiro atoms. The lowest BCUT2D eigenvalue weighted by Crippen LogP contribution is -2.48. The van der Waals surface area contributed by atoms with Gasteiger partial charge in [-0.1, -0.05) is 66.9 Å². The van der Waals surface area contributed by atoms with Gasteiger partial charge < -0.3 is 10.2 Å². The number of thioether (sulfide) groups is 1. The second-order valence-electron chi connectivity index (χ2n) is 8.26. The smallest absolute Gasteiger partial charge is 0.242 e. The molecule has 0 radical (unpaired) electrons. The van der Waals surface area contributed by atoms with Crippen molar-refractivity contribution in [1.29, 1.82) is 0 Å². The van der Waals surface area contributed by atoms with Crippen LogP contribution in [0, 0.1) is 20.8 Å². The summed E-state index contributed by atoms with van der Waals surface area (Å²) in [4.78, 5) is 27.6. The van der Waals surface area contributed by atoms with E-state index in [0.29, 0.717) is 18.8 Å². The molecule has 2 amide bonds. The van der Waals surface area contributed by atoms with Crippen molar-refractivity contribution >= 4 is 23.6 Å². The first-order valence-electron chi connectivity index (χ1n) is 11.1. The van der Waals surface area contributed by atoms with Gasteiger partial charge in [0.05, 0.1) is 5.75 Å². The van der Waals surface area contributed by atoms with E-state index in [1.807, 2.05) is 38.1 Å². The normalized spacial score (nSPS) is 11.8. The molecule has 0 heterocycles. The minimum Gasteiger partial charge on any atom is -0.354 e. The molecule has 1 atom stereocenters. The summed E-state index contributed by atoms with van der Waals surface area (Å²) >= 11 is 1.60. The SMILES string of the molecule is CCCCNC(=O)[C@@H](C)N(Cc1ccccc1C)C(=O)CSCc1cc(C)cc(C)c1. The van der Waals surface area contributed by atoms with E-state index < -0.39 is 6.04 Å². The third kappa shape index (κ3) is 8.06. The van der Waals surface area contributed by atoms with E-state index in [0.717, 1.165) is 29.7 Å². The van der Waals surface area contributed by atoms with Crippen molar-refractivity contribution in [2.45, 2.75) is 65.8 Å². The largest absolute Gasteiger partial charge is 0.354 e. The fourth-order valence-electron chi connectivity index (χ4n) is 3.58. The third-order valence-electron chi connectivity index (χ3n) is 5.37. The molecule has 0 fully saturated rings. The van der Waals surface area contributed by atoms with Crippen LogP contribution in [0.25, 0.3) is 0 Å². The Labute approximate surface area is 191 Å². The zero-order chi connectivity index (χ0) is 22.8. The van der Waals surface area contributed by atoms with E-state index in [9.17, 15) is 9.59 Å². The van der Waals surface area contributed by atoms with Crippen LogP contribution in [0.1, 0.15) is 54.5 Å². The van der Waals surface area contributed by atoms with Crippen LogP contribution in [0.5, 0.6) is 0 Å². The topological polar surface area (TPSA) is 49.4 Å². The van der Waals surface area contributed by atoms with E-state index >= 15 is 0 Å². The fraction of sp³-hybridized carbons (Fsp3) is 0.462. The van der Waals surface area contributed by atoms with Crippen LogP contribution in [0.15, 0.2) is 42.5 Å². The molecule has 0 bridgehead atoms. The van der Waals surface area contributed by atoms with Crippen LogP contribution in [-0.4, -0.2) is 35.1 Å². The maximum atomic E-state index is 13.2. The summed E-state index contributed by atoms with van der Waals surface area (Å²) in [7, 11) is 0. The van der Waals surface area contributed by atoms with E-state index in [1.54, 1.807) is 16.7 Å². The zero-order valence-electron chi connectivity index (χ0n) is 19.5. The van der Waals surface area contributed by atoms with E-state index in [1.165, 1.54) is 16.7 Å². The molecule has 2 aromatic carbocycles. The van der Waals surface area contributed by atoms with Gasteiger partial charge in [-0.05, 0) is 50.8 Å². The average Bonchev–Trinajstić information content (AvgIpc) is 2.72. The van der Waals surface area contributed by atoms with Crippen LogP contribution >= 0.6 is 11.8 Å². The lowest BCUT2D eigenvalue weighted by atomic mass is 10.1. The molecule has 2 aromatic rings. The highest BCUT2D eigenvalue weighted by Crippen LogP contribution is 2.19. The summed E-state index contributed by atoms with van der Waals surface area (Å²) in [5.41, 5.74) is 5.90. The third-order valence-corrected chi connectivity index (χ3v) is 6.36. The molecule has 0 saturated heterocycles. The van der Waals surface area contributed by atoms with Crippen molar-refractivity contribution in [2.24, 2.45) is 0 Å². The predicted molar refractivity (Wildman–Crippen MR) is 131 cm³/mol. The number of hydrogen-bond acceptors (Lipinski definition) is 3. The molecule has 0 aliphatic rings. The summed E-state index contributed by atoms with van der Waals surface area (Å²) in [5, 5.41) is 2.97. The van der Waals surface area contributed by atoms with Crippen LogP contribution in [0.3, 0.4) is 0 Å². The van der Waals surface area contributed by atoms with Gasteiger partial charge in [-0.3, -0.25) is 9.59 Å². The first kappa shape index (κ1) is 25.0. The summed E-state index contributed by atoms with van der Waals surface area (Å²) < 4.78 is 0. The highest BCUT2D eigenvalue weighted by Gasteiger charge is 2.26. The molecular formula is C26H36N2O2S. The number of carbonyl (C=O) groups is 2. The molecule has 31 heavy (non-hydrogen) atoms. The van der Waals surface area contributed by atoms with Gasteiger partial charge in [-0.25, -0.2) is 0 Å². The number of hydrogen-bond donors (Lipinski definition) is 1. The number of nitrogens with one attached hydrogen (secondary N) is 1. The molecular weight excluding hydrogens is 404 g/mol. The molecule has 5 heteroatoms. The molecule has 4 nitrogen and oxygen atoms in total. The van der Waals surface area contributed by atoms with E-state index in [-0.39, 0.29) is 11.8 Å². The summed E-state index contributed by atoms with van der Waals surface area (Å²) in [6.07, 6.45) is 1.96. The molecule has 168 valence electrons. The van der Waals surface area contributed by atoms with Crippen molar-refractivity contribution in [3.63, 3.8) is 0 Å². The molecule has 0 aromatic heterocycles.